The van der Waals surface area contributed by atoms with Crippen LogP contribution in [-0.4, -0.2) is 51.3 Å². The van der Waals surface area contributed by atoms with E-state index >= 15 is 0 Å². The molecule has 0 radical (unpaired) electrons. The number of carbonyl (C=O) groups is 2. The van der Waals surface area contributed by atoms with Gasteiger partial charge in [0.2, 0.25) is 0 Å². The van der Waals surface area contributed by atoms with Gasteiger partial charge in [0.25, 0.3) is 0 Å². The second-order valence-corrected chi connectivity index (χ2v) is 11.4. The molecule has 49 heavy (non-hydrogen) atoms. The predicted molar refractivity (Wildman–Crippen MR) is 180 cm³/mol. The molecule has 1 aliphatic rings. The Bertz CT molecular complexity index is 1530. The maximum atomic E-state index is 13.5. The lowest BCUT2D eigenvalue weighted by molar-refractivity contribution is -0.286. The van der Waals surface area contributed by atoms with Gasteiger partial charge in [-0.05, 0) is 105 Å². The van der Waals surface area contributed by atoms with E-state index < -0.39 is 6.29 Å². The van der Waals surface area contributed by atoms with Crippen molar-refractivity contribution in [1.82, 2.24) is 0 Å². The molecule has 3 aromatic rings. The molecule has 1 heterocycles. The Morgan fingerprint density at radius 2 is 1.35 bits per heavy atom. The first-order valence-electron chi connectivity index (χ1n) is 17.1. The number of alkyl halides is 2. The summed E-state index contributed by atoms with van der Waals surface area (Å²) >= 11 is 0. The van der Waals surface area contributed by atoms with Gasteiger partial charge in [0.15, 0.2) is 11.5 Å². The van der Waals surface area contributed by atoms with Crippen molar-refractivity contribution in [3.63, 3.8) is 0 Å². The number of esters is 2. The predicted octanol–water partition coefficient (Wildman–Crippen LogP) is 8.47. The van der Waals surface area contributed by atoms with Gasteiger partial charge in [-0.25, -0.2) is 0 Å². The van der Waals surface area contributed by atoms with Gasteiger partial charge in [-0.1, -0.05) is 31.0 Å². The van der Waals surface area contributed by atoms with Crippen LogP contribution in [0.5, 0.6) is 28.7 Å². The summed E-state index contributed by atoms with van der Waals surface area (Å²) in [4.78, 5) is 23.8. The van der Waals surface area contributed by atoms with Crippen LogP contribution < -0.4 is 23.7 Å². The molecule has 266 valence electrons. The fourth-order valence-electron chi connectivity index (χ4n) is 5.52. The van der Waals surface area contributed by atoms with E-state index in [0.29, 0.717) is 62.9 Å². The Labute approximate surface area is 286 Å². The second kappa shape index (κ2) is 18.9. The minimum absolute atomic E-state index is 0.0112. The van der Waals surface area contributed by atoms with Gasteiger partial charge in [0, 0.05) is 18.9 Å². The van der Waals surface area contributed by atoms with E-state index in [1.165, 1.54) is 12.1 Å². The van der Waals surface area contributed by atoms with Gasteiger partial charge in [0.1, 0.15) is 17.2 Å². The van der Waals surface area contributed by atoms with E-state index in [2.05, 4.69) is 15.5 Å². The highest BCUT2D eigenvalue weighted by Crippen LogP contribution is 2.43. The SMILES string of the molecule is CCOC(=O)CCCOc1cccc(CCCCCCOc2cc(OCC)cc(-c3ccc4c(c3)OC(F)(F)O4)c2)c1CCC(=O)OCC. The monoisotopic (exact) mass is 684 g/mol. The molecule has 0 aromatic heterocycles. The van der Waals surface area contributed by atoms with E-state index in [1.54, 1.807) is 19.9 Å². The lowest BCUT2D eigenvalue weighted by atomic mass is 9.96. The Balaban J connectivity index is 1.28. The summed E-state index contributed by atoms with van der Waals surface area (Å²) in [5.74, 6) is 1.44. The second-order valence-electron chi connectivity index (χ2n) is 11.4. The Morgan fingerprint density at radius 1 is 0.653 bits per heavy atom. The van der Waals surface area contributed by atoms with Crippen LogP contribution >= 0.6 is 0 Å². The highest BCUT2D eigenvalue weighted by atomic mass is 19.3. The lowest BCUT2D eigenvalue weighted by Crippen LogP contribution is -2.25. The number of halogens is 2. The molecule has 0 unspecified atom stereocenters. The van der Waals surface area contributed by atoms with Crippen LogP contribution in [0.4, 0.5) is 8.78 Å². The number of aryl methyl sites for hydroxylation is 1. The summed E-state index contributed by atoms with van der Waals surface area (Å²) in [5, 5.41) is 0. The molecular weight excluding hydrogens is 638 g/mol. The molecule has 0 saturated heterocycles. The minimum atomic E-state index is -3.68. The van der Waals surface area contributed by atoms with Crippen molar-refractivity contribution < 1.29 is 51.5 Å². The van der Waals surface area contributed by atoms with Crippen molar-refractivity contribution in [3.8, 4) is 39.9 Å². The first kappa shape index (κ1) is 37.3. The average molecular weight is 685 g/mol. The molecule has 9 nitrogen and oxygen atoms in total. The summed E-state index contributed by atoms with van der Waals surface area (Å²) in [6.45, 7) is 7.49. The van der Waals surface area contributed by atoms with Gasteiger partial charge in [-0.15, -0.1) is 8.78 Å². The molecule has 0 amide bonds. The lowest BCUT2D eigenvalue weighted by Gasteiger charge is -2.16. The van der Waals surface area contributed by atoms with E-state index in [9.17, 15) is 18.4 Å². The Kier molecular flexibility index (Phi) is 14.3. The standard InChI is InChI=1S/C38H46F2O9/c1-4-43-30-23-29(28-17-19-34-35(25-28)49-38(39,40)48-34)24-31(26-30)46-21-10-8-7-9-13-27-14-11-15-33(32(27)18-20-37(42)45-6-3)47-22-12-16-36(41)44-5-2/h11,14-15,17,19,23-26H,4-10,12-13,16,18,20-22H2,1-3H3. The third-order valence-corrected chi connectivity index (χ3v) is 7.74. The van der Waals surface area contributed by atoms with Crippen molar-refractivity contribution in [1.29, 1.82) is 0 Å². The van der Waals surface area contributed by atoms with E-state index in [4.69, 9.17) is 23.7 Å². The zero-order valence-electron chi connectivity index (χ0n) is 28.5. The highest BCUT2D eigenvalue weighted by molar-refractivity contribution is 5.71. The summed E-state index contributed by atoms with van der Waals surface area (Å²) in [5.41, 5.74) is 3.54. The van der Waals surface area contributed by atoms with Gasteiger partial charge in [0.05, 0.1) is 33.0 Å². The first-order valence-corrected chi connectivity index (χ1v) is 17.1. The highest BCUT2D eigenvalue weighted by Gasteiger charge is 2.43. The van der Waals surface area contributed by atoms with E-state index in [-0.39, 0.29) is 36.3 Å². The molecule has 0 spiro atoms. The molecule has 1 aliphatic heterocycles. The Hall–Kier alpha value is -4.54. The molecule has 0 saturated carbocycles. The van der Waals surface area contributed by atoms with Crippen LogP contribution in [0.15, 0.2) is 54.6 Å². The van der Waals surface area contributed by atoms with Crippen molar-refractivity contribution in [3.05, 3.63) is 65.7 Å². The van der Waals surface area contributed by atoms with Crippen LogP contribution in [-0.2, 0) is 31.9 Å². The third kappa shape index (κ3) is 11.8. The fourth-order valence-corrected chi connectivity index (χ4v) is 5.52. The van der Waals surface area contributed by atoms with Crippen molar-refractivity contribution in [2.45, 2.75) is 84.9 Å². The number of hydrogen-bond acceptors (Lipinski definition) is 9. The largest absolute Gasteiger partial charge is 0.586 e. The van der Waals surface area contributed by atoms with Crippen LogP contribution in [0.3, 0.4) is 0 Å². The quantitative estimate of drug-likeness (QED) is 0.0808. The van der Waals surface area contributed by atoms with Crippen LogP contribution in [0, 0.1) is 0 Å². The number of unbranched alkanes of at least 4 members (excludes halogenated alkanes) is 3. The molecule has 0 bridgehead atoms. The maximum absolute atomic E-state index is 13.5. The van der Waals surface area contributed by atoms with Gasteiger partial charge >= 0.3 is 18.2 Å². The number of ether oxygens (including phenoxy) is 7. The number of hydrogen-bond donors (Lipinski definition) is 0. The Morgan fingerprint density at radius 3 is 2.10 bits per heavy atom. The maximum Gasteiger partial charge on any atom is 0.586 e. The summed E-state index contributed by atoms with van der Waals surface area (Å²) < 4.78 is 64.2. The number of benzene rings is 3. The smallest absolute Gasteiger partial charge is 0.494 e. The summed E-state index contributed by atoms with van der Waals surface area (Å²) in [6.07, 6.45) is 2.49. The normalized spacial score (nSPS) is 12.8. The molecule has 0 N–H and O–H groups in total. The number of fused-ring (bicyclic) bond motifs is 1. The van der Waals surface area contributed by atoms with Gasteiger partial charge in [-0.3, -0.25) is 9.59 Å². The van der Waals surface area contributed by atoms with Gasteiger partial charge < -0.3 is 33.2 Å². The topological polar surface area (TPSA) is 98.8 Å². The van der Waals surface area contributed by atoms with Crippen molar-refractivity contribution >= 4 is 11.9 Å². The third-order valence-electron chi connectivity index (χ3n) is 7.74. The van der Waals surface area contributed by atoms with Crippen LogP contribution in [0.1, 0.15) is 76.8 Å². The number of carbonyl (C=O) groups excluding carboxylic acids is 2. The molecule has 3 aromatic carbocycles. The molecule has 4 rings (SSSR count). The molecule has 0 atom stereocenters. The van der Waals surface area contributed by atoms with Gasteiger partial charge in [-0.2, -0.15) is 0 Å². The molecule has 0 fully saturated rings. The number of rotatable bonds is 21. The van der Waals surface area contributed by atoms with Crippen LogP contribution in [0.2, 0.25) is 0 Å². The fraction of sp³-hybridized carbons (Fsp3) is 0.474. The molecule has 11 heteroatoms. The average Bonchev–Trinajstić information content (AvgIpc) is 3.39. The molecule has 0 aliphatic carbocycles. The summed E-state index contributed by atoms with van der Waals surface area (Å²) in [7, 11) is 0. The zero-order chi connectivity index (χ0) is 35.1. The van der Waals surface area contributed by atoms with E-state index in [0.717, 1.165) is 54.5 Å². The van der Waals surface area contributed by atoms with Crippen LogP contribution in [0.25, 0.3) is 11.1 Å². The van der Waals surface area contributed by atoms with Crippen molar-refractivity contribution in [2.75, 3.05) is 33.0 Å². The molecular formula is C38H46F2O9. The van der Waals surface area contributed by atoms with E-state index in [1.807, 2.05) is 37.3 Å². The zero-order valence-corrected chi connectivity index (χ0v) is 28.5. The van der Waals surface area contributed by atoms with Crippen molar-refractivity contribution in [2.24, 2.45) is 0 Å². The summed E-state index contributed by atoms with van der Waals surface area (Å²) in [6, 6.07) is 16.1. The minimum Gasteiger partial charge on any atom is -0.494 e. The first-order chi connectivity index (χ1) is 23.7.